The van der Waals surface area contributed by atoms with Crippen LogP contribution in [0.5, 0.6) is 0 Å². The van der Waals surface area contributed by atoms with Gasteiger partial charge in [0.2, 0.25) is 5.91 Å². The molecule has 3 heterocycles. The van der Waals surface area contributed by atoms with Crippen LogP contribution < -0.4 is 4.90 Å². The number of anilines is 1. The lowest BCUT2D eigenvalue weighted by atomic mass is 9.93. The van der Waals surface area contributed by atoms with Gasteiger partial charge in [-0.25, -0.2) is 4.98 Å². The van der Waals surface area contributed by atoms with Crippen molar-refractivity contribution in [3.05, 3.63) is 24.4 Å². The van der Waals surface area contributed by atoms with Gasteiger partial charge < -0.3 is 14.7 Å². The van der Waals surface area contributed by atoms with Crippen molar-refractivity contribution in [2.75, 3.05) is 50.7 Å². The Morgan fingerprint density at radius 3 is 2.76 bits per heavy atom. The van der Waals surface area contributed by atoms with Crippen LogP contribution in [0.3, 0.4) is 0 Å². The van der Waals surface area contributed by atoms with Crippen LogP contribution >= 0.6 is 0 Å². The summed E-state index contributed by atoms with van der Waals surface area (Å²) in [5.74, 6) is 2.07. The normalized spacial score (nSPS) is 22.2. The first-order valence-electron chi connectivity index (χ1n) is 9.92. The van der Waals surface area contributed by atoms with Crippen LogP contribution in [-0.2, 0) is 4.79 Å². The average molecular weight is 345 g/mol. The van der Waals surface area contributed by atoms with E-state index in [0.717, 1.165) is 38.4 Å². The molecule has 0 aliphatic carbocycles. The SMILES string of the molecule is CCCN1CCC[C@H](CCC(=O)N2CCN(c3ccccn3)CC2)C1. The maximum absolute atomic E-state index is 12.6. The van der Waals surface area contributed by atoms with E-state index in [9.17, 15) is 4.79 Å². The highest BCUT2D eigenvalue weighted by Crippen LogP contribution is 2.22. The number of likely N-dealkylation sites (tertiary alicyclic amines) is 1. The van der Waals surface area contributed by atoms with Gasteiger partial charge in [0.05, 0.1) is 0 Å². The molecule has 5 nitrogen and oxygen atoms in total. The molecule has 1 amide bonds. The third-order valence-electron chi connectivity index (χ3n) is 5.52. The number of pyridine rings is 1. The molecule has 2 fully saturated rings. The Bertz CT molecular complexity index is 526. The summed E-state index contributed by atoms with van der Waals surface area (Å²) in [7, 11) is 0. The monoisotopic (exact) mass is 344 g/mol. The van der Waals surface area contributed by atoms with E-state index >= 15 is 0 Å². The maximum atomic E-state index is 12.6. The molecule has 2 aliphatic heterocycles. The van der Waals surface area contributed by atoms with Crippen molar-refractivity contribution in [1.82, 2.24) is 14.8 Å². The fourth-order valence-corrected chi connectivity index (χ4v) is 4.12. The van der Waals surface area contributed by atoms with Gasteiger partial charge in [0, 0.05) is 45.3 Å². The second-order valence-electron chi connectivity index (χ2n) is 7.40. The quantitative estimate of drug-likeness (QED) is 0.795. The number of nitrogens with zero attached hydrogens (tertiary/aromatic N) is 4. The van der Waals surface area contributed by atoms with E-state index in [0.29, 0.717) is 18.2 Å². The molecule has 2 aliphatic rings. The molecular weight excluding hydrogens is 312 g/mol. The van der Waals surface area contributed by atoms with Crippen LogP contribution in [0.2, 0.25) is 0 Å². The van der Waals surface area contributed by atoms with Gasteiger partial charge in [-0.15, -0.1) is 0 Å². The van der Waals surface area contributed by atoms with Crippen molar-refractivity contribution in [2.45, 2.75) is 39.0 Å². The summed E-state index contributed by atoms with van der Waals surface area (Å²) in [5, 5.41) is 0. The molecule has 3 rings (SSSR count). The van der Waals surface area contributed by atoms with Crippen molar-refractivity contribution in [2.24, 2.45) is 5.92 Å². The zero-order valence-electron chi connectivity index (χ0n) is 15.6. The molecule has 1 atom stereocenters. The smallest absolute Gasteiger partial charge is 0.222 e. The Labute approximate surface area is 152 Å². The fraction of sp³-hybridized carbons (Fsp3) is 0.700. The third-order valence-corrected chi connectivity index (χ3v) is 5.52. The molecule has 1 aromatic heterocycles. The number of hydrogen-bond donors (Lipinski definition) is 0. The first kappa shape index (κ1) is 18.2. The zero-order chi connectivity index (χ0) is 17.5. The Hall–Kier alpha value is -1.62. The summed E-state index contributed by atoms with van der Waals surface area (Å²) in [4.78, 5) is 23.9. The third kappa shape index (κ3) is 5.18. The standard InChI is InChI=1S/C20H32N4O/c1-2-11-22-12-5-6-18(17-22)8-9-20(25)24-15-13-23(14-16-24)19-7-3-4-10-21-19/h3-4,7,10,18H,2,5-6,8-9,11-17H2,1H3/t18-/m1/s1. The Kier molecular flexibility index (Phi) is 6.68. The topological polar surface area (TPSA) is 39.7 Å². The number of piperidine rings is 1. The molecule has 5 heteroatoms. The van der Waals surface area contributed by atoms with E-state index in [4.69, 9.17) is 0 Å². The summed E-state index contributed by atoms with van der Waals surface area (Å²) in [6.07, 6.45) is 7.42. The molecule has 0 N–H and O–H groups in total. The van der Waals surface area contributed by atoms with Crippen molar-refractivity contribution >= 4 is 11.7 Å². The van der Waals surface area contributed by atoms with Gasteiger partial charge in [0.1, 0.15) is 5.82 Å². The molecule has 0 aromatic carbocycles. The van der Waals surface area contributed by atoms with Gasteiger partial charge >= 0.3 is 0 Å². The van der Waals surface area contributed by atoms with E-state index in [-0.39, 0.29) is 0 Å². The highest BCUT2D eigenvalue weighted by Gasteiger charge is 2.24. The average Bonchev–Trinajstić information content (AvgIpc) is 2.67. The van der Waals surface area contributed by atoms with Crippen LogP contribution in [0.25, 0.3) is 0 Å². The molecule has 0 spiro atoms. The van der Waals surface area contributed by atoms with E-state index < -0.39 is 0 Å². The number of rotatable bonds is 6. The Morgan fingerprint density at radius 2 is 2.04 bits per heavy atom. The summed E-state index contributed by atoms with van der Waals surface area (Å²) >= 11 is 0. The molecule has 138 valence electrons. The maximum Gasteiger partial charge on any atom is 0.222 e. The lowest BCUT2D eigenvalue weighted by molar-refractivity contribution is -0.131. The fourth-order valence-electron chi connectivity index (χ4n) is 4.12. The van der Waals surface area contributed by atoms with Crippen LogP contribution in [0, 0.1) is 5.92 Å². The van der Waals surface area contributed by atoms with E-state index in [1.807, 2.05) is 29.3 Å². The van der Waals surface area contributed by atoms with Gasteiger partial charge in [0.15, 0.2) is 0 Å². The molecule has 0 unspecified atom stereocenters. The van der Waals surface area contributed by atoms with Gasteiger partial charge in [-0.3, -0.25) is 4.79 Å². The van der Waals surface area contributed by atoms with Crippen molar-refractivity contribution in [1.29, 1.82) is 0 Å². The van der Waals surface area contributed by atoms with E-state index in [1.165, 1.54) is 38.9 Å². The lowest BCUT2D eigenvalue weighted by Gasteiger charge is -2.36. The zero-order valence-corrected chi connectivity index (χ0v) is 15.6. The molecule has 0 saturated carbocycles. The van der Waals surface area contributed by atoms with Gasteiger partial charge in [-0.1, -0.05) is 13.0 Å². The van der Waals surface area contributed by atoms with Crippen molar-refractivity contribution in [3.8, 4) is 0 Å². The second kappa shape index (κ2) is 9.18. The highest BCUT2D eigenvalue weighted by atomic mass is 16.2. The minimum Gasteiger partial charge on any atom is -0.353 e. The number of hydrogen-bond acceptors (Lipinski definition) is 4. The van der Waals surface area contributed by atoms with E-state index in [1.54, 1.807) is 0 Å². The summed E-state index contributed by atoms with van der Waals surface area (Å²) in [6, 6.07) is 6.00. The molecule has 0 bridgehead atoms. The van der Waals surface area contributed by atoms with Crippen LogP contribution in [0.15, 0.2) is 24.4 Å². The number of aromatic nitrogens is 1. The van der Waals surface area contributed by atoms with Crippen molar-refractivity contribution < 1.29 is 4.79 Å². The van der Waals surface area contributed by atoms with Crippen LogP contribution in [-0.4, -0.2) is 66.5 Å². The molecule has 2 saturated heterocycles. The van der Waals surface area contributed by atoms with Crippen molar-refractivity contribution in [3.63, 3.8) is 0 Å². The van der Waals surface area contributed by atoms with Crippen LogP contribution in [0.1, 0.15) is 39.0 Å². The second-order valence-corrected chi connectivity index (χ2v) is 7.40. The number of amides is 1. The summed E-state index contributed by atoms with van der Waals surface area (Å²) < 4.78 is 0. The number of carbonyl (C=O) groups is 1. The highest BCUT2D eigenvalue weighted by molar-refractivity contribution is 5.76. The van der Waals surface area contributed by atoms with Gasteiger partial charge in [-0.2, -0.15) is 0 Å². The number of carbonyl (C=O) groups excluding carboxylic acids is 1. The Morgan fingerprint density at radius 1 is 1.20 bits per heavy atom. The first-order chi connectivity index (χ1) is 12.3. The predicted molar refractivity (Wildman–Crippen MR) is 102 cm³/mol. The molecular formula is C20H32N4O. The lowest BCUT2D eigenvalue weighted by Crippen LogP contribution is -2.49. The molecule has 25 heavy (non-hydrogen) atoms. The number of piperazine rings is 1. The summed E-state index contributed by atoms with van der Waals surface area (Å²) in [5.41, 5.74) is 0. The van der Waals surface area contributed by atoms with Crippen LogP contribution in [0.4, 0.5) is 5.82 Å². The molecule has 0 radical (unpaired) electrons. The first-order valence-corrected chi connectivity index (χ1v) is 9.92. The minimum absolute atomic E-state index is 0.341. The van der Waals surface area contributed by atoms with Gasteiger partial charge in [0.25, 0.3) is 0 Å². The van der Waals surface area contributed by atoms with E-state index in [2.05, 4.69) is 21.7 Å². The summed E-state index contributed by atoms with van der Waals surface area (Å²) in [6.45, 7) is 9.30. The Balaban J connectivity index is 1.39. The molecule has 1 aromatic rings. The predicted octanol–water partition coefficient (Wildman–Crippen LogP) is 2.63. The largest absolute Gasteiger partial charge is 0.353 e. The minimum atomic E-state index is 0.341. The van der Waals surface area contributed by atoms with Gasteiger partial charge in [-0.05, 0) is 56.8 Å².